The van der Waals surface area contributed by atoms with Gasteiger partial charge in [-0.3, -0.25) is 0 Å². The van der Waals surface area contributed by atoms with Crippen molar-refractivity contribution in [2.45, 2.75) is 0 Å². The van der Waals surface area contributed by atoms with E-state index in [1.165, 1.54) is 0 Å². The van der Waals surface area contributed by atoms with Gasteiger partial charge >= 0.3 is 0 Å². The van der Waals surface area contributed by atoms with Gasteiger partial charge in [0, 0.05) is 18.2 Å². The summed E-state index contributed by atoms with van der Waals surface area (Å²) in [7, 11) is 0. The molecular formula is C8H5F2NO. The van der Waals surface area contributed by atoms with Crippen LogP contribution in [0.4, 0.5) is 8.78 Å². The van der Waals surface area contributed by atoms with Gasteiger partial charge in [-0.15, -0.1) is 0 Å². The molecule has 0 N–H and O–H groups in total. The molecule has 0 spiro atoms. The Hall–Kier alpha value is -1.63. The lowest BCUT2D eigenvalue weighted by atomic mass is 10.3. The van der Waals surface area contributed by atoms with E-state index in [0.717, 1.165) is 18.2 Å². The van der Waals surface area contributed by atoms with Gasteiger partial charge in [0.25, 0.3) is 0 Å². The molecule has 0 bridgehead atoms. The minimum Gasteiger partial charge on any atom is -0.479 e. The molecule has 0 unspecified atom stereocenters. The fourth-order valence-corrected chi connectivity index (χ4v) is 0.727. The Bertz CT molecular complexity index is 299. The van der Waals surface area contributed by atoms with Crippen LogP contribution in [0.1, 0.15) is 0 Å². The second kappa shape index (κ2) is 3.67. The van der Waals surface area contributed by atoms with Crippen molar-refractivity contribution >= 4 is 0 Å². The molecule has 62 valence electrons. The largest absolute Gasteiger partial charge is 0.479 e. The van der Waals surface area contributed by atoms with Crippen molar-refractivity contribution in [1.82, 2.24) is 0 Å². The molecule has 1 aromatic rings. The first kappa shape index (κ1) is 8.47. The highest BCUT2D eigenvalue weighted by Gasteiger charge is 2.00. The summed E-state index contributed by atoms with van der Waals surface area (Å²) in [5.74, 6) is -1.42. The normalized spacial score (nSPS) is 9.08. The van der Waals surface area contributed by atoms with E-state index < -0.39 is 11.6 Å². The van der Waals surface area contributed by atoms with Crippen LogP contribution in [-0.4, -0.2) is 6.61 Å². The summed E-state index contributed by atoms with van der Waals surface area (Å²) in [6.45, 7) is -0.219. The van der Waals surface area contributed by atoms with E-state index in [9.17, 15) is 8.78 Å². The molecule has 0 fully saturated rings. The van der Waals surface area contributed by atoms with Gasteiger partial charge in [0.15, 0.2) is 6.61 Å². The fourth-order valence-electron chi connectivity index (χ4n) is 0.727. The van der Waals surface area contributed by atoms with Gasteiger partial charge in [-0.2, -0.15) is 5.26 Å². The van der Waals surface area contributed by atoms with Crippen molar-refractivity contribution in [1.29, 1.82) is 5.26 Å². The van der Waals surface area contributed by atoms with Gasteiger partial charge < -0.3 is 4.74 Å². The summed E-state index contributed by atoms with van der Waals surface area (Å²) >= 11 is 0. The molecule has 0 saturated heterocycles. The zero-order valence-corrected chi connectivity index (χ0v) is 6.05. The van der Waals surface area contributed by atoms with E-state index in [2.05, 4.69) is 4.74 Å². The predicted octanol–water partition coefficient (Wildman–Crippen LogP) is 1.87. The average Bonchev–Trinajstić information content (AvgIpc) is 1.99. The maximum atomic E-state index is 12.5. The second-order valence-corrected chi connectivity index (χ2v) is 2.05. The quantitative estimate of drug-likeness (QED) is 0.677. The maximum Gasteiger partial charge on any atom is 0.174 e. The van der Waals surface area contributed by atoms with Crippen LogP contribution in [0.25, 0.3) is 0 Å². The van der Waals surface area contributed by atoms with E-state index in [1.54, 1.807) is 6.07 Å². The summed E-state index contributed by atoms with van der Waals surface area (Å²) in [4.78, 5) is 0. The van der Waals surface area contributed by atoms with Crippen LogP contribution < -0.4 is 4.74 Å². The minimum atomic E-state index is -0.720. The van der Waals surface area contributed by atoms with E-state index in [0.29, 0.717) is 0 Å². The molecular weight excluding hydrogens is 164 g/mol. The highest BCUT2D eigenvalue weighted by molar-refractivity contribution is 5.23. The topological polar surface area (TPSA) is 33.0 Å². The van der Waals surface area contributed by atoms with Crippen molar-refractivity contribution in [2.24, 2.45) is 0 Å². The molecule has 4 heteroatoms. The third-order valence-electron chi connectivity index (χ3n) is 1.14. The van der Waals surface area contributed by atoms with Crippen LogP contribution in [0.5, 0.6) is 5.75 Å². The van der Waals surface area contributed by atoms with Crippen LogP contribution >= 0.6 is 0 Å². The Morgan fingerprint density at radius 3 is 2.33 bits per heavy atom. The molecule has 0 amide bonds. The molecule has 1 aromatic carbocycles. The molecule has 0 aliphatic rings. The Morgan fingerprint density at radius 2 is 1.83 bits per heavy atom. The number of rotatable bonds is 2. The minimum absolute atomic E-state index is 0.0223. The smallest absolute Gasteiger partial charge is 0.174 e. The number of hydrogen-bond acceptors (Lipinski definition) is 2. The lowest BCUT2D eigenvalue weighted by Gasteiger charge is -2.00. The molecule has 0 heterocycles. The van der Waals surface area contributed by atoms with Crippen LogP contribution in [0.2, 0.25) is 0 Å². The number of halogens is 2. The Morgan fingerprint density at radius 1 is 1.25 bits per heavy atom. The van der Waals surface area contributed by atoms with Crippen LogP contribution in [0, 0.1) is 23.0 Å². The fraction of sp³-hybridized carbons (Fsp3) is 0.125. The SMILES string of the molecule is N#CCOc1cc(F)cc(F)c1. The third kappa shape index (κ3) is 2.20. The van der Waals surface area contributed by atoms with Crippen LogP contribution in [-0.2, 0) is 0 Å². The zero-order valence-electron chi connectivity index (χ0n) is 6.05. The van der Waals surface area contributed by atoms with Gasteiger partial charge in [0.2, 0.25) is 0 Å². The van der Waals surface area contributed by atoms with Crippen molar-refractivity contribution in [3.63, 3.8) is 0 Å². The molecule has 0 radical (unpaired) electrons. The van der Waals surface area contributed by atoms with E-state index in [4.69, 9.17) is 5.26 Å². The molecule has 0 aromatic heterocycles. The number of hydrogen-bond donors (Lipinski definition) is 0. The summed E-state index contributed by atoms with van der Waals surface area (Å²) < 4.78 is 29.6. The monoisotopic (exact) mass is 169 g/mol. The number of ether oxygens (including phenoxy) is 1. The number of benzene rings is 1. The molecule has 2 nitrogen and oxygen atoms in total. The Balaban J connectivity index is 2.80. The van der Waals surface area contributed by atoms with Gasteiger partial charge in [-0.25, -0.2) is 8.78 Å². The van der Waals surface area contributed by atoms with Crippen molar-refractivity contribution in [3.8, 4) is 11.8 Å². The van der Waals surface area contributed by atoms with Gasteiger partial charge in [-0.1, -0.05) is 0 Å². The van der Waals surface area contributed by atoms with Crippen LogP contribution in [0.3, 0.4) is 0 Å². The maximum absolute atomic E-state index is 12.5. The molecule has 0 aliphatic heterocycles. The van der Waals surface area contributed by atoms with Crippen molar-refractivity contribution in [2.75, 3.05) is 6.61 Å². The average molecular weight is 169 g/mol. The molecule has 0 atom stereocenters. The predicted molar refractivity (Wildman–Crippen MR) is 37.5 cm³/mol. The molecule has 12 heavy (non-hydrogen) atoms. The van der Waals surface area contributed by atoms with Gasteiger partial charge in [0.1, 0.15) is 23.5 Å². The summed E-state index contributed by atoms with van der Waals surface area (Å²) in [6, 6.07) is 4.45. The lowest BCUT2D eigenvalue weighted by molar-refractivity contribution is 0.362. The molecule has 0 saturated carbocycles. The number of nitrogens with zero attached hydrogens (tertiary/aromatic N) is 1. The van der Waals surface area contributed by atoms with Gasteiger partial charge in [0.05, 0.1) is 0 Å². The summed E-state index contributed by atoms with van der Waals surface area (Å²) in [6.07, 6.45) is 0. The van der Waals surface area contributed by atoms with Crippen molar-refractivity contribution < 1.29 is 13.5 Å². The third-order valence-corrected chi connectivity index (χ3v) is 1.14. The van der Waals surface area contributed by atoms with Crippen LogP contribution in [0.15, 0.2) is 18.2 Å². The highest BCUT2D eigenvalue weighted by Crippen LogP contribution is 2.14. The first-order valence-corrected chi connectivity index (χ1v) is 3.18. The highest BCUT2D eigenvalue weighted by atomic mass is 19.1. The Labute approximate surface area is 68.0 Å². The summed E-state index contributed by atoms with van der Waals surface area (Å²) in [5.41, 5.74) is 0. The zero-order chi connectivity index (χ0) is 8.97. The standard InChI is InChI=1S/C8H5F2NO/c9-6-3-7(10)5-8(4-6)12-2-1-11/h3-5H,2H2. The van der Waals surface area contributed by atoms with Crippen molar-refractivity contribution in [3.05, 3.63) is 29.8 Å². The first-order chi connectivity index (χ1) is 5.72. The molecule has 0 aliphatic carbocycles. The second-order valence-electron chi connectivity index (χ2n) is 2.05. The first-order valence-electron chi connectivity index (χ1n) is 3.18. The van der Waals surface area contributed by atoms with E-state index in [-0.39, 0.29) is 12.4 Å². The van der Waals surface area contributed by atoms with E-state index >= 15 is 0 Å². The lowest BCUT2D eigenvalue weighted by Crippen LogP contribution is -1.94. The molecule has 1 rings (SSSR count). The number of nitriles is 1. The Kier molecular flexibility index (Phi) is 2.59. The van der Waals surface area contributed by atoms with Gasteiger partial charge in [-0.05, 0) is 0 Å². The van der Waals surface area contributed by atoms with E-state index in [1.807, 2.05) is 0 Å². The summed E-state index contributed by atoms with van der Waals surface area (Å²) in [5, 5.41) is 8.10.